The van der Waals surface area contributed by atoms with E-state index in [1.54, 1.807) is 0 Å². The molecule has 0 saturated heterocycles. The molecule has 0 aliphatic heterocycles. The third-order valence-electron chi connectivity index (χ3n) is 3.46. The van der Waals surface area contributed by atoms with Crippen molar-refractivity contribution in [2.45, 2.75) is 19.4 Å². The van der Waals surface area contributed by atoms with Crippen molar-refractivity contribution >= 4 is 21.9 Å². The van der Waals surface area contributed by atoms with Crippen molar-refractivity contribution in [2.75, 3.05) is 6.61 Å². The van der Waals surface area contributed by atoms with Crippen molar-refractivity contribution in [2.24, 2.45) is 0 Å². The highest BCUT2D eigenvalue weighted by atomic mass is 79.9. The minimum atomic E-state index is -0.331. The zero-order valence-electron chi connectivity index (χ0n) is 13.9. The average Bonchev–Trinajstić information content (AvgIpc) is 3.13. The fourth-order valence-corrected chi connectivity index (χ4v) is 2.65. The Kier molecular flexibility index (Phi) is 6.38. The normalized spacial score (nSPS) is 10.5. The van der Waals surface area contributed by atoms with E-state index in [2.05, 4.69) is 26.1 Å². The van der Waals surface area contributed by atoms with Crippen LogP contribution in [0, 0.1) is 0 Å². The summed E-state index contributed by atoms with van der Waals surface area (Å²) in [4.78, 5) is 11.8. The van der Waals surface area contributed by atoms with E-state index in [1.807, 2.05) is 54.6 Å². The number of carbonyl (C=O) groups excluding carboxylic acids is 1. The number of aromatic nitrogens is 2. The molecule has 7 heteroatoms. The molecule has 0 N–H and O–H groups in total. The number of para-hydroxylation sites is 1. The molecule has 2 aromatic carbocycles. The van der Waals surface area contributed by atoms with Gasteiger partial charge in [0.1, 0.15) is 5.75 Å². The monoisotopic (exact) mass is 416 g/mol. The number of nitrogens with zero attached hydrogens (tertiary/aromatic N) is 2. The predicted molar refractivity (Wildman–Crippen MR) is 98.4 cm³/mol. The van der Waals surface area contributed by atoms with Gasteiger partial charge in [-0.05, 0) is 46.6 Å². The maximum Gasteiger partial charge on any atom is 0.306 e. The van der Waals surface area contributed by atoms with Crippen LogP contribution in [-0.2, 0) is 16.1 Å². The molecule has 0 aliphatic rings. The third kappa shape index (κ3) is 5.16. The van der Waals surface area contributed by atoms with Gasteiger partial charge in [0.05, 0.1) is 12.2 Å². The van der Waals surface area contributed by atoms with Gasteiger partial charge in [-0.25, -0.2) is 0 Å². The SMILES string of the molecule is O=C(CCCOc1ccccc1)OCc1nnc(-c2ccccc2Br)o1. The largest absolute Gasteiger partial charge is 0.494 e. The molecule has 0 radical (unpaired) electrons. The number of esters is 1. The average molecular weight is 417 g/mol. The molecule has 134 valence electrons. The standard InChI is InChI=1S/C19H17BrN2O4/c20-16-10-5-4-9-15(16)19-22-21-17(26-19)13-25-18(23)11-6-12-24-14-7-2-1-3-8-14/h1-5,7-10H,6,11-13H2. The van der Waals surface area contributed by atoms with E-state index >= 15 is 0 Å². The van der Waals surface area contributed by atoms with E-state index in [0.29, 0.717) is 18.9 Å². The third-order valence-corrected chi connectivity index (χ3v) is 4.16. The molecule has 3 rings (SSSR count). The lowest BCUT2D eigenvalue weighted by molar-refractivity contribution is -0.145. The van der Waals surface area contributed by atoms with Gasteiger partial charge in [0.15, 0.2) is 6.61 Å². The first-order chi connectivity index (χ1) is 12.7. The second-order valence-corrected chi connectivity index (χ2v) is 6.26. The topological polar surface area (TPSA) is 74.5 Å². The molecule has 0 unspecified atom stereocenters. The van der Waals surface area contributed by atoms with Crippen molar-refractivity contribution in [3.63, 3.8) is 0 Å². The Bertz CT molecular complexity index is 852. The minimum Gasteiger partial charge on any atom is -0.494 e. The van der Waals surface area contributed by atoms with Gasteiger partial charge in [-0.15, -0.1) is 10.2 Å². The maximum absolute atomic E-state index is 11.8. The van der Waals surface area contributed by atoms with Crippen LogP contribution in [0.25, 0.3) is 11.5 Å². The van der Waals surface area contributed by atoms with Crippen LogP contribution in [-0.4, -0.2) is 22.8 Å². The summed E-state index contributed by atoms with van der Waals surface area (Å²) < 4.78 is 17.1. The molecule has 0 amide bonds. The highest BCUT2D eigenvalue weighted by molar-refractivity contribution is 9.10. The Hall–Kier alpha value is -2.67. The number of ether oxygens (including phenoxy) is 2. The number of benzene rings is 2. The summed E-state index contributed by atoms with van der Waals surface area (Å²) in [6, 6.07) is 17.0. The first-order valence-corrected chi connectivity index (χ1v) is 8.92. The van der Waals surface area contributed by atoms with Gasteiger partial charge >= 0.3 is 5.97 Å². The van der Waals surface area contributed by atoms with Crippen molar-refractivity contribution in [1.82, 2.24) is 10.2 Å². The molecule has 0 atom stereocenters. The first kappa shape index (κ1) is 18.1. The molecule has 26 heavy (non-hydrogen) atoms. The van der Waals surface area contributed by atoms with E-state index < -0.39 is 0 Å². The Morgan fingerprint density at radius 1 is 1.04 bits per heavy atom. The van der Waals surface area contributed by atoms with Gasteiger partial charge in [-0.1, -0.05) is 30.3 Å². The zero-order chi connectivity index (χ0) is 18.2. The van der Waals surface area contributed by atoms with Crippen LogP contribution >= 0.6 is 15.9 Å². The van der Waals surface area contributed by atoms with Crippen LogP contribution in [0.2, 0.25) is 0 Å². The van der Waals surface area contributed by atoms with E-state index in [1.165, 1.54) is 0 Å². The van der Waals surface area contributed by atoms with E-state index in [9.17, 15) is 4.79 Å². The van der Waals surface area contributed by atoms with E-state index in [-0.39, 0.29) is 24.9 Å². The van der Waals surface area contributed by atoms with Gasteiger partial charge in [0.2, 0.25) is 5.89 Å². The van der Waals surface area contributed by atoms with E-state index in [4.69, 9.17) is 13.9 Å². The molecular formula is C19H17BrN2O4. The predicted octanol–water partition coefficient (Wildman–Crippen LogP) is 4.40. The number of rotatable bonds is 8. The molecule has 6 nitrogen and oxygen atoms in total. The van der Waals surface area contributed by atoms with Gasteiger partial charge in [-0.2, -0.15) is 0 Å². The van der Waals surface area contributed by atoms with Crippen molar-refractivity contribution in [3.8, 4) is 17.2 Å². The first-order valence-electron chi connectivity index (χ1n) is 8.13. The summed E-state index contributed by atoms with van der Waals surface area (Å²) in [5, 5.41) is 7.88. The minimum absolute atomic E-state index is 0.0458. The number of carbonyl (C=O) groups is 1. The fourth-order valence-electron chi connectivity index (χ4n) is 2.19. The molecule has 0 saturated carbocycles. The molecule has 0 aliphatic carbocycles. The Labute approximate surface area is 159 Å². The van der Waals surface area contributed by atoms with Gasteiger partial charge < -0.3 is 13.9 Å². The van der Waals surface area contributed by atoms with Crippen LogP contribution in [0.3, 0.4) is 0 Å². The quantitative estimate of drug-likeness (QED) is 0.400. The number of hydrogen-bond donors (Lipinski definition) is 0. The number of halogens is 1. The van der Waals surface area contributed by atoms with Crippen LogP contribution in [0.15, 0.2) is 63.5 Å². The highest BCUT2D eigenvalue weighted by Gasteiger charge is 2.12. The summed E-state index contributed by atoms with van der Waals surface area (Å²) in [7, 11) is 0. The van der Waals surface area contributed by atoms with Crippen molar-refractivity contribution < 1.29 is 18.7 Å². The summed E-state index contributed by atoms with van der Waals surface area (Å²) in [6.45, 7) is 0.404. The Morgan fingerprint density at radius 3 is 2.62 bits per heavy atom. The Balaban J connectivity index is 1.40. The lowest BCUT2D eigenvalue weighted by Gasteiger charge is -2.05. The van der Waals surface area contributed by atoms with Crippen molar-refractivity contribution in [3.05, 3.63) is 65.0 Å². The van der Waals surface area contributed by atoms with Crippen LogP contribution < -0.4 is 4.74 Å². The molecular weight excluding hydrogens is 400 g/mol. The molecule has 0 bridgehead atoms. The molecule has 0 fully saturated rings. The molecule has 1 heterocycles. The second kappa shape index (κ2) is 9.15. The Morgan fingerprint density at radius 2 is 1.81 bits per heavy atom. The zero-order valence-corrected chi connectivity index (χ0v) is 15.5. The molecule has 0 spiro atoms. The van der Waals surface area contributed by atoms with Crippen LogP contribution in [0.5, 0.6) is 5.75 Å². The van der Waals surface area contributed by atoms with Crippen LogP contribution in [0.1, 0.15) is 18.7 Å². The fraction of sp³-hybridized carbons (Fsp3) is 0.211. The van der Waals surface area contributed by atoms with Gasteiger partial charge in [0, 0.05) is 10.9 Å². The lowest BCUT2D eigenvalue weighted by Crippen LogP contribution is -2.07. The van der Waals surface area contributed by atoms with Crippen molar-refractivity contribution in [1.29, 1.82) is 0 Å². The van der Waals surface area contributed by atoms with Crippen LogP contribution in [0.4, 0.5) is 0 Å². The highest BCUT2D eigenvalue weighted by Crippen LogP contribution is 2.26. The smallest absolute Gasteiger partial charge is 0.306 e. The number of hydrogen-bond acceptors (Lipinski definition) is 6. The maximum atomic E-state index is 11.8. The van der Waals surface area contributed by atoms with E-state index in [0.717, 1.165) is 15.8 Å². The lowest BCUT2D eigenvalue weighted by atomic mass is 10.2. The summed E-state index contributed by atoms with van der Waals surface area (Å²) in [6.07, 6.45) is 0.831. The summed E-state index contributed by atoms with van der Waals surface area (Å²) in [5.74, 6) is 1.08. The molecule has 3 aromatic rings. The van der Waals surface area contributed by atoms with Gasteiger partial charge in [-0.3, -0.25) is 4.79 Å². The second-order valence-electron chi connectivity index (χ2n) is 5.41. The van der Waals surface area contributed by atoms with Gasteiger partial charge in [0.25, 0.3) is 5.89 Å². The summed E-state index contributed by atoms with van der Waals surface area (Å²) in [5.41, 5.74) is 0.788. The molecule has 1 aromatic heterocycles. The summed E-state index contributed by atoms with van der Waals surface area (Å²) >= 11 is 3.43.